The Kier molecular flexibility index (Phi) is 14.6. The summed E-state index contributed by atoms with van der Waals surface area (Å²) in [7, 11) is 0. The first kappa shape index (κ1) is 11.9. The fraction of sp³-hybridized carbons (Fsp3) is 0.500. The van der Waals surface area contributed by atoms with Crippen LogP contribution in [0.5, 0.6) is 0 Å². The van der Waals surface area contributed by atoms with Gasteiger partial charge in [0.15, 0.2) is 0 Å². The Morgan fingerprint density at radius 1 is 1.67 bits per heavy atom. The van der Waals surface area contributed by atoms with E-state index >= 15 is 0 Å². The average molecular weight is 255 g/mol. The van der Waals surface area contributed by atoms with Crippen molar-refractivity contribution in [3.05, 3.63) is 9.47 Å². The zero-order chi connectivity index (χ0) is 7.70. The van der Waals surface area contributed by atoms with Crippen LogP contribution in [0.1, 0.15) is 20.3 Å². The van der Waals surface area contributed by atoms with Crippen LogP contribution in [0, 0.1) is 11.3 Å². The molecule has 0 aliphatic carbocycles. The van der Waals surface area contributed by atoms with E-state index in [9.17, 15) is 0 Å². The van der Waals surface area contributed by atoms with Gasteiger partial charge < -0.3 is 0 Å². The second kappa shape index (κ2) is 11.0. The maximum atomic E-state index is 7.32. The third-order valence-electron chi connectivity index (χ3n) is 0.358. The molecule has 0 atom stereocenters. The Morgan fingerprint density at radius 2 is 2.00 bits per heavy atom. The number of nitrogens with zero attached hydrogens (tertiary/aromatic N) is 1. The lowest BCUT2D eigenvalue weighted by Gasteiger charge is -1.75. The molecule has 0 aromatic rings. The minimum Gasteiger partial charge on any atom is -0.199 e. The lowest BCUT2D eigenvalue weighted by molar-refractivity contribution is 1.23. The van der Waals surface area contributed by atoms with Crippen molar-refractivity contribution in [2.45, 2.75) is 20.3 Å². The summed E-state index contributed by atoms with van der Waals surface area (Å²) < 4.78 is 1.04. The smallest absolute Gasteiger partial charge is 0.0587 e. The molecule has 0 aromatic carbocycles. The summed E-state index contributed by atoms with van der Waals surface area (Å²) in [6, 6.07) is 1.75. The van der Waals surface area contributed by atoms with Gasteiger partial charge in [0, 0.05) is 6.92 Å². The number of nitriles is 1. The minimum atomic E-state index is 1.04. The van der Waals surface area contributed by atoms with E-state index in [0.717, 1.165) is 9.81 Å². The molecular formula is C6H9Br2N. The molecule has 0 saturated carbocycles. The molecule has 0 bridgehead atoms. The van der Waals surface area contributed by atoms with Crippen molar-refractivity contribution in [1.29, 1.82) is 5.26 Å². The predicted octanol–water partition coefficient (Wildman–Crippen LogP) is 3.56. The van der Waals surface area contributed by atoms with Crippen LogP contribution in [0.15, 0.2) is 9.47 Å². The van der Waals surface area contributed by atoms with Crippen molar-refractivity contribution in [2.24, 2.45) is 0 Å². The van der Waals surface area contributed by atoms with E-state index in [1.165, 1.54) is 6.92 Å². The fourth-order valence-electron chi connectivity index (χ4n) is 0.154. The van der Waals surface area contributed by atoms with E-state index < -0.39 is 0 Å². The van der Waals surface area contributed by atoms with Crippen molar-refractivity contribution < 1.29 is 0 Å². The molecule has 0 aliphatic heterocycles. The second-order valence-electron chi connectivity index (χ2n) is 1.13. The summed E-state index contributed by atoms with van der Waals surface area (Å²) in [6.07, 6.45) is 3.12. The van der Waals surface area contributed by atoms with Gasteiger partial charge in [-0.1, -0.05) is 13.0 Å². The highest BCUT2D eigenvalue weighted by molar-refractivity contribution is 9.28. The highest BCUT2D eigenvalue weighted by atomic mass is 79.9. The van der Waals surface area contributed by atoms with Crippen LogP contribution < -0.4 is 0 Å². The van der Waals surface area contributed by atoms with Gasteiger partial charge in [0.2, 0.25) is 0 Å². The van der Waals surface area contributed by atoms with E-state index in [-0.39, 0.29) is 0 Å². The number of rotatable bonds is 1. The summed E-state index contributed by atoms with van der Waals surface area (Å²) in [4.78, 5) is 0. The third kappa shape index (κ3) is 30.8. The lowest BCUT2D eigenvalue weighted by Crippen LogP contribution is -1.48. The van der Waals surface area contributed by atoms with Gasteiger partial charge in [-0.3, -0.25) is 0 Å². The van der Waals surface area contributed by atoms with Gasteiger partial charge in [-0.05, 0) is 38.3 Å². The van der Waals surface area contributed by atoms with Gasteiger partial charge in [0.25, 0.3) is 0 Å². The fourth-order valence-corrected chi connectivity index (χ4v) is 0.802. The van der Waals surface area contributed by atoms with E-state index in [0.29, 0.717) is 0 Å². The van der Waals surface area contributed by atoms with Gasteiger partial charge in [-0.2, -0.15) is 5.26 Å². The highest BCUT2D eigenvalue weighted by Crippen LogP contribution is 2.12. The molecule has 0 amide bonds. The summed E-state index contributed by atoms with van der Waals surface area (Å²) in [5.41, 5.74) is 0. The first-order chi connectivity index (χ1) is 4.18. The molecule has 1 nitrogen and oxygen atoms in total. The van der Waals surface area contributed by atoms with Crippen LogP contribution in [0.2, 0.25) is 0 Å². The lowest BCUT2D eigenvalue weighted by atomic mass is 10.5. The Bertz CT molecular complexity index is 109. The molecule has 52 valence electrons. The standard InChI is InChI=1S/C4H6Br2.C2H3N/c1-2-3-4(5)6;1-2-3/h3H,2H2,1H3;1H3. The van der Waals surface area contributed by atoms with Crippen LogP contribution in [0.3, 0.4) is 0 Å². The molecule has 0 rings (SSSR count). The third-order valence-corrected chi connectivity index (χ3v) is 1.01. The van der Waals surface area contributed by atoms with Crippen LogP contribution in [-0.2, 0) is 0 Å². The molecule has 0 aliphatic rings. The Morgan fingerprint density at radius 3 is 2.00 bits per heavy atom. The summed E-state index contributed by atoms with van der Waals surface area (Å²) in [6.45, 7) is 3.52. The Hall–Kier alpha value is 0.190. The largest absolute Gasteiger partial charge is 0.199 e. The Labute approximate surface area is 73.0 Å². The molecule has 0 spiro atoms. The molecule has 0 saturated heterocycles. The number of hydrogen-bond acceptors (Lipinski definition) is 1. The molecule has 0 unspecified atom stereocenters. The molecule has 0 fully saturated rings. The Balaban J connectivity index is 0. The van der Waals surface area contributed by atoms with E-state index in [4.69, 9.17) is 5.26 Å². The highest BCUT2D eigenvalue weighted by Gasteiger charge is 1.72. The average Bonchev–Trinajstić information content (AvgIpc) is 1.67. The summed E-state index contributed by atoms with van der Waals surface area (Å²) in [5, 5.41) is 7.32. The summed E-state index contributed by atoms with van der Waals surface area (Å²) in [5.74, 6) is 0. The van der Waals surface area contributed by atoms with Crippen LogP contribution >= 0.6 is 31.9 Å². The van der Waals surface area contributed by atoms with Gasteiger partial charge in [0.05, 0.1) is 9.46 Å². The normalized spacial score (nSPS) is 6.11. The molecule has 0 radical (unpaired) electrons. The van der Waals surface area contributed by atoms with E-state index in [1.54, 1.807) is 6.07 Å². The van der Waals surface area contributed by atoms with Crippen LogP contribution in [0.25, 0.3) is 0 Å². The van der Waals surface area contributed by atoms with Gasteiger partial charge in [-0.25, -0.2) is 0 Å². The van der Waals surface area contributed by atoms with Crippen molar-refractivity contribution in [3.63, 3.8) is 0 Å². The molecule has 0 N–H and O–H groups in total. The maximum absolute atomic E-state index is 7.32. The number of allylic oxidation sites excluding steroid dienone is 1. The van der Waals surface area contributed by atoms with Crippen molar-refractivity contribution in [1.82, 2.24) is 0 Å². The predicted molar refractivity (Wildman–Crippen MR) is 47.5 cm³/mol. The van der Waals surface area contributed by atoms with Gasteiger partial charge in [0.1, 0.15) is 0 Å². The van der Waals surface area contributed by atoms with E-state index in [2.05, 4.69) is 38.8 Å². The molecule has 0 aromatic heterocycles. The quantitative estimate of drug-likeness (QED) is 0.702. The van der Waals surface area contributed by atoms with Gasteiger partial charge >= 0.3 is 0 Å². The number of hydrogen-bond donors (Lipinski definition) is 0. The maximum Gasteiger partial charge on any atom is 0.0587 e. The topological polar surface area (TPSA) is 23.8 Å². The zero-order valence-corrected chi connectivity index (χ0v) is 8.66. The van der Waals surface area contributed by atoms with Crippen molar-refractivity contribution in [2.75, 3.05) is 0 Å². The van der Waals surface area contributed by atoms with Crippen molar-refractivity contribution in [3.8, 4) is 6.07 Å². The molecule has 0 heterocycles. The monoisotopic (exact) mass is 253 g/mol. The first-order valence-electron chi connectivity index (χ1n) is 2.51. The minimum absolute atomic E-state index is 1.04. The second-order valence-corrected chi connectivity index (χ2v) is 3.90. The van der Waals surface area contributed by atoms with Crippen LogP contribution in [0.4, 0.5) is 0 Å². The molecular weight excluding hydrogens is 246 g/mol. The SMILES string of the molecule is CC#N.CCC=C(Br)Br. The first-order valence-corrected chi connectivity index (χ1v) is 4.09. The molecule has 9 heavy (non-hydrogen) atoms. The van der Waals surface area contributed by atoms with Gasteiger partial charge in [-0.15, -0.1) is 0 Å². The van der Waals surface area contributed by atoms with E-state index in [1.807, 2.05) is 6.08 Å². The summed E-state index contributed by atoms with van der Waals surface area (Å²) >= 11 is 6.42. The zero-order valence-electron chi connectivity index (χ0n) is 5.49. The molecule has 3 heteroatoms. The van der Waals surface area contributed by atoms with Crippen molar-refractivity contribution >= 4 is 31.9 Å². The number of halogens is 2. The van der Waals surface area contributed by atoms with Crippen LogP contribution in [-0.4, -0.2) is 0 Å².